The molecule has 0 aliphatic heterocycles. The molecule has 0 aliphatic rings. The molecule has 0 saturated carbocycles. The fourth-order valence-corrected chi connectivity index (χ4v) is 12.1. The average molecular weight is 827 g/mol. The van der Waals surface area contributed by atoms with Gasteiger partial charge < -0.3 is 8.98 Å². The highest BCUT2D eigenvalue weighted by molar-refractivity contribution is 7.26. The Morgan fingerprint density at radius 3 is 1.58 bits per heavy atom. The van der Waals surface area contributed by atoms with Crippen LogP contribution in [-0.4, -0.2) is 19.5 Å². The van der Waals surface area contributed by atoms with Crippen molar-refractivity contribution in [2.45, 2.75) is 0 Å². The van der Waals surface area contributed by atoms with E-state index in [1.54, 1.807) is 22.7 Å². The highest BCUT2D eigenvalue weighted by atomic mass is 32.1. The molecule has 5 aromatic heterocycles. The zero-order chi connectivity index (χ0) is 40.5. The second-order valence-electron chi connectivity index (χ2n) is 15.9. The van der Waals surface area contributed by atoms with Crippen molar-refractivity contribution in [3.63, 3.8) is 0 Å². The SMILES string of the molecule is c1ccc2cc3c(cc2c1)c1ccccc1n3-c1c(-c2nc(-c3cccc4c3sc3ccccc34)nc(-c3cccc4c3sc3ccccc34)n2)ccc2c1oc1ccccc12. The number of thiophene rings is 2. The second kappa shape index (κ2) is 12.9. The van der Waals surface area contributed by atoms with Crippen LogP contribution in [0.1, 0.15) is 0 Å². The van der Waals surface area contributed by atoms with Gasteiger partial charge in [-0.3, -0.25) is 0 Å². The molecule has 0 spiro atoms. The maximum atomic E-state index is 6.98. The Balaban J connectivity index is 1.13. The van der Waals surface area contributed by atoms with Gasteiger partial charge in [0.1, 0.15) is 11.3 Å². The Morgan fingerprint density at radius 1 is 0.371 bits per heavy atom. The molecule has 0 bridgehead atoms. The summed E-state index contributed by atoms with van der Waals surface area (Å²) in [4.78, 5) is 16.5. The van der Waals surface area contributed by atoms with Crippen molar-refractivity contribution < 1.29 is 4.42 Å². The average Bonchev–Trinajstić information content (AvgIpc) is 4.09. The van der Waals surface area contributed by atoms with Crippen LogP contribution in [0.3, 0.4) is 0 Å². The van der Waals surface area contributed by atoms with Gasteiger partial charge >= 0.3 is 0 Å². The number of hydrogen-bond acceptors (Lipinski definition) is 6. The molecule has 5 heterocycles. The Kier molecular flexibility index (Phi) is 7.08. The Labute approximate surface area is 361 Å². The van der Waals surface area contributed by atoms with Gasteiger partial charge in [-0.05, 0) is 71.4 Å². The summed E-state index contributed by atoms with van der Waals surface area (Å²) in [5.74, 6) is 1.83. The van der Waals surface area contributed by atoms with Gasteiger partial charge in [0.25, 0.3) is 0 Å². The van der Waals surface area contributed by atoms with Crippen LogP contribution < -0.4 is 0 Å². The highest BCUT2D eigenvalue weighted by Gasteiger charge is 2.26. The van der Waals surface area contributed by atoms with Gasteiger partial charge in [0, 0.05) is 78.6 Å². The highest BCUT2D eigenvalue weighted by Crippen LogP contribution is 2.46. The van der Waals surface area contributed by atoms with Gasteiger partial charge in [0.2, 0.25) is 0 Å². The number of fused-ring (bicyclic) bond motifs is 13. The van der Waals surface area contributed by atoms with Gasteiger partial charge in [-0.15, -0.1) is 22.7 Å². The number of aromatic nitrogens is 4. The topological polar surface area (TPSA) is 56.7 Å². The molecule has 0 saturated heterocycles. The second-order valence-corrected chi connectivity index (χ2v) is 18.0. The minimum absolute atomic E-state index is 0.574. The number of hydrogen-bond donors (Lipinski definition) is 0. The lowest BCUT2D eigenvalue weighted by atomic mass is 10.0. The van der Waals surface area contributed by atoms with Crippen LogP contribution in [0.4, 0.5) is 0 Å². The lowest BCUT2D eigenvalue weighted by Gasteiger charge is -2.16. The fourth-order valence-electron chi connectivity index (χ4n) is 9.66. The van der Waals surface area contributed by atoms with Gasteiger partial charge in [-0.1, -0.05) is 121 Å². The van der Waals surface area contributed by atoms with Crippen LogP contribution in [-0.2, 0) is 0 Å². The molecule has 0 radical (unpaired) electrons. The monoisotopic (exact) mass is 826 g/mol. The zero-order valence-electron chi connectivity index (χ0n) is 32.8. The molecular formula is C55H30N4OS2. The summed E-state index contributed by atoms with van der Waals surface area (Å²) >= 11 is 3.57. The van der Waals surface area contributed by atoms with E-state index >= 15 is 0 Å². The van der Waals surface area contributed by atoms with Crippen molar-refractivity contribution in [2.24, 2.45) is 0 Å². The molecular weight excluding hydrogens is 797 g/mol. The first kappa shape index (κ1) is 34.0. The van der Waals surface area contributed by atoms with E-state index in [0.717, 1.165) is 70.1 Å². The van der Waals surface area contributed by atoms with Gasteiger partial charge in [0.05, 0.1) is 11.0 Å². The fraction of sp³-hybridized carbons (Fsp3) is 0. The molecule has 14 rings (SSSR count). The molecule has 0 unspecified atom stereocenters. The van der Waals surface area contributed by atoms with Crippen molar-refractivity contribution >= 4 is 118 Å². The first-order valence-electron chi connectivity index (χ1n) is 20.7. The minimum Gasteiger partial charge on any atom is -0.454 e. The van der Waals surface area contributed by atoms with Crippen molar-refractivity contribution in [2.75, 3.05) is 0 Å². The van der Waals surface area contributed by atoms with Crippen molar-refractivity contribution in [1.82, 2.24) is 19.5 Å². The molecule has 14 aromatic rings. The van der Waals surface area contributed by atoms with E-state index in [1.807, 2.05) is 6.07 Å². The van der Waals surface area contributed by atoms with Crippen LogP contribution in [0, 0.1) is 0 Å². The van der Waals surface area contributed by atoms with Crippen molar-refractivity contribution in [1.29, 1.82) is 0 Å². The smallest absolute Gasteiger partial charge is 0.166 e. The van der Waals surface area contributed by atoms with E-state index in [9.17, 15) is 0 Å². The molecule has 0 N–H and O–H groups in total. The molecule has 62 heavy (non-hydrogen) atoms. The quantitative estimate of drug-likeness (QED) is 0.177. The Morgan fingerprint density at radius 2 is 0.903 bits per heavy atom. The largest absolute Gasteiger partial charge is 0.454 e. The summed E-state index contributed by atoms with van der Waals surface area (Å²) in [6, 6.07) is 64.7. The first-order valence-corrected chi connectivity index (χ1v) is 22.3. The summed E-state index contributed by atoms with van der Waals surface area (Å²) in [5, 5.41) is 11.6. The maximum Gasteiger partial charge on any atom is 0.166 e. The molecule has 0 aliphatic carbocycles. The van der Waals surface area contributed by atoms with E-state index in [2.05, 4.69) is 180 Å². The third-order valence-corrected chi connectivity index (χ3v) is 14.9. The van der Waals surface area contributed by atoms with E-state index in [1.165, 1.54) is 47.1 Å². The molecule has 0 amide bonds. The molecule has 9 aromatic carbocycles. The number of para-hydroxylation sites is 2. The summed E-state index contributed by atoms with van der Waals surface area (Å²) in [6.45, 7) is 0. The minimum atomic E-state index is 0.574. The van der Waals surface area contributed by atoms with E-state index in [-0.39, 0.29) is 0 Å². The third-order valence-electron chi connectivity index (χ3n) is 12.5. The van der Waals surface area contributed by atoms with Crippen LogP contribution in [0.2, 0.25) is 0 Å². The summed E-state index contributed by atoms with van der Waals surface area (Å²) < 4.78 is 14.1. The van der Waals surface area contributed by atoms with Crippen molar-refractivity contribution in [3.8, 4) is 39.9 Å². The van der Waals surface area contributed by atoms with E-state index < -0.39 is 0 Å². The standard InChI is InChI=1S/C55H30N4OS2/c1-2-14-32-30-45-43(29-31(32)13-1)33-15-3-7-23-44(33)59(45)49-40(28-27-37-34-16-4-8-24-46(34)60-50(37)49)53-56-54(41-21-11-19-38-35-17-5-9-25-47(35)61-51(38)41)58-55(57-53)42-22-12-20-39-36-18-6-10-26-48(36)62-52(39)42/h1-30H. The number of benzene rings is 9. The summed E-state index contributed by atoms with van der Waals surface area (Å²) in [7, 11) is 0. The molecule has 5 nitrogen and oxygen atoms in total. The number of rotatable bonds is 4. The molecule has 7 heteroatoms. The first-order chi connectivity index (χ1) is 30.7. The van der Waals surface area contributed by atoms with Crippen LogP contribution in [0.25, 0.3) is 135 Å². The molecule has 288 valence electrons. The Hall–Kier alpha value is -7.71. The lowest BCUT2D eigenvalue weighted by Crippen LogP contribution is -2.04. The van der Waals surface area contributed by atoms with Crippen LogP contribution >= 0.6 is 22.7 Å². The van der Waals surface area contributed by atoms with Crippen LogP contribution in [0.5, 0.6) is 0 Å². The maximum absolute atomic E-state index is 6.98. The zero-order valence-corrected chi connectivity index (χ0v) is 34.5. The van der Waals surface area contributed by atoms with Gasteiger partial charge in [-0.2, -0.15) is 0 Å². The van der Waals surface area contributed by atoms with Crippen LogP contribution in [0.15, 0.2) is 186 Å². The normalized spacial score (nSPS) is 12.2. The molecule has 0 atom stereocenters. The Bertz CT molecular complexity index is 4060. The van der Waals surface area contributed by atoms with Gasteiger partial charge in [0.15, 0.2) is 23.1 Å². The predicted octanol–water partition coefficient (Wildman–Crippen LogP) is 15.8. The van der Waals surface area contributed by atoms with Crippen molar-refractivity contribution in [3.05, 3.63) is 182 Å². The third kappa shape index (κ3) is 4.86. The van der Waals surface area contributed by atoms with Gasteiger partial charge in [-0.25, -0.2) is 15.0 Å². The summed E-state index contributed by atoms with van der Waals surface area (Å²) in [5.41, 5.74) is 7.47. The van der Waals surface area contributed by atoms with E-state index in [0.29, 0.717) is 17.5 Å². The lowest BCUT2D eigenvalue weighted by molar-refractivity contribution is 0.666. The number of furan rings is 1. The molecule has 0 fully saturated rings. The number of nitrogens with zero attached hydrogens (tertiary/aromatic N) is 4. The predicted molar refractivity (Wildman–Crippen MR) is 261 cm³/mol. The summed E-state index contributed by atoms with van der Waals surface area (Å²) in [6.07, 6.45) is 0. The van der Waals surface area contributed by atoms with E-state index in [4.69, 9.17) is 19.4 Å².